The van der Waals surface area contributed by atoms with Gasteiger partial charge in [0, 0.05) is 19.1 Å². The molecular weight excluding hydrogens is 258 g/mol. The largest absolute Gasteiger partial charge is 0.480 e. The zero-order chi connectivity index (χ0) is 15.1. The van der Waals surface area contributed by atoms with Crippen molar-refractivity contribution in [3.8, 4) is 0 Å². The Bertz CT molecular complexity index is 328. The van der Waals surface area contributed by atoms with Crippen LogP contribution in [0.25, 0.3) is 0 Å². The summed E-state index contributed by atoms with van der Waals surface area (Å²) in [6.45, 7) is 9.11. The average Bonchev–Trinajstić information content (AvgIpc) is 2.79. The molecule has 1 unspecified atom stereocenters. The summed E-state index contributed by atoms with van der Waals surface area (Å²) < 4.78 is 0. The van der Waals surface area contributed by atoms with Gasteiger partial charge in [-0.05, 0) is 38.8 Å². The maximum Gasteiger partial charge on any atom is 0.323 e. The highest BCUT2D eigenvalue weighted by molar-refractivity contribution is 5.80. The summed E-state index contributed by atoms with van der Waals surface area (Å²) in [5, 5.41) is 11.8. The minimum absolute atomic E-state index is 0.0315. The fraction of sp³-hybridized carbons (Fsp3) is 0.857. The van der Waals surface area contributed by atoms with Crippen LogP contribution in [0.4, 0.5) is 4.79 Å². The zero-order valence-electron chi connectivity index (χ0n) is 12.8. The Hall–Kier alpha value is -1.30. The summed E-state index contributed by atoms with van der Waals surface area (Å²) in [4.78, 5) is 26.7. The number of hydrogen-bond acceptors (Lipinski definition) is 3. The van der Waals surface area contributed by atoms with E-state index in [4.69, 9.17) is 5.11 Å². The normalized spacial score (nSPS) is 17.2. The van der Waals surface area contributed by atoms with Crippen molar-refractivity contribution in [2.24, 2.45) is 5.92 Å². The van der Waals surface area contributed by atoms with Crippen LogP contribution in [0.5, 0.6) is 0 Å². The number of rotatable bonds is 7. The molecule has 1 heterocycles. The Morgan fingerprint density at radius 1 is 1.25 bits per heavy atom. The minimum Gasteiger partial charge on any atom is -0.480 e. The Labute approximate surface area is 121 Å². The van der Waals surface area contributed by atoms with Crippen LogP contribution in [0.15, 0.2) is 0 Å². The lowest BCUT2D eigenvalue weighted by Crippen LogP contribution is -2.49. The lowest BCUT2D eigenvalue weighted by Gasteiger charge is -2.27. The first-order valence-electron chi connectivity index (χ1n) is 7.38. The van der Waals surface area contributed by atoms with Gasteiger partial charge < -0.3 is 20.2 Å². The Kier molecular flexibility index (Phi) is 6.78. The molecule has 0 aromatic rings. The van der Waals surface area contributed by atoms with Crippen molar-refractivity contribution in [1.29, 1.82) is 0 Å². The van der Waals surface area contributed by atoms with E-state index in [1.165, 1.54) is 17.7 Å². The standard InChI is InChI=1S/C14H27N3O3/c1-11(2)8-17(10-13(18)19)14(20)15-12(3)9-16-6-4-5-7-16/h11-12H,4-10H2,1-3H3,(H,15,20)(H,18,19). The summed E-state index contributed by atoms with van der Waals surface area (Å²) >= 11 is 0. The van der Waals surface area contributed by atoms with Gasteiger partial charge >= 0.3 is 12.0 Å². The second kappa shape index (κ2) is 8.09. The zero-order valence-corrected chi connectivity index (χ0v) is 12.8. The number of hydrogen-bond donors (Lipinski definition) is 2. The summed E-state index contributed by atoms with van der Waals surface area (Å²) in [5.74, 6) is -0.734. The molecule has 0 spiro atoms. The van der Waals surface area contributed by atoms with Gasteiger partial charge in [-0.3, -0.25) is 4.79 Å². The molecule has 0 radical (unpaired) electrons. The van der Waals surface area contributed by atoms with E-state index in [0.29, 0.717) is 6.54 Å². The van der Waals surface area contributed by atoms with E-state index in [2.05, 4.69) is 10.2 Å². The van der Waals surface area contributed by atoms with E-state index in [1.54, 1.807) is 0 Å². The van der Waals surface area contributed by atoms with E-state index in [-0.39, 0.29) is 24.5 Å². The van der Waals surface area contributed by atoms with Crippen molar-refractivity contribution in [1.82, 2.24) is 15.1 Å². The summed E-state index contributed by atoms with van der Waals surface area (Å²) in [6, 6.07) is -0.253. The van der Waals surface area contributed by atoms with Crippen LogP contribution in [0.1, 0.15) is 33.6 Å². The lowest BCUT2D eigenvalue weighted by molar-refractivity contribution is -0.137. The van der Waals surface area contributed by atoms with Gasteiger partial charge in [0.15, 0.2) is 0 Å². The number of urea groups is 1. The third-order valence-corrected chi connectivity index (χ3v) is 3.30. The number of nitrogens with zero attached hydrogens (tertiary/aromatic N) is 2. The molecule has 1 aliphatic rings. The van der Waals surface area contributed by atoms with Crippen molar-refractivity contribution < 1.29 is 14.7 Å². The lowest BCUT2D eigenvalue weighted by atomic mass is 10.2. The van der Waals surface area contributed by atoms with Crippen LogP contribution >= 0.6 is 0 Å². The highest BCUT2D eigenvalue weighted by atomic mass is 16.4. The molecule has 1 saturated heterocycles. The summed E-state index contributed by atoms with van der Waals surface area (Å²) in [5.41, 5.74) is 0. The fourth-order valence-electron chi connectivity index (χ4n) is 2.52. The second-order valence-electron chi connectivity index (χ2n) is 6.03. The number of carbonyl (C=O) groups is 2. The van der Waals surface area contributed by atoms with E-state index >= 15 is 0 Å². The first-order chi connectivity index (χ1) is 9.38. The molecule has 1 fully saturated rings. The molecule has 0 saturated carbocycles. The number of carboxylic acids is 1. The SMILES string of the molecule is CC(C)CN(CC(=O)O)C(=O)NC(C)CN1CCCC1. The number of carbonyl (C=O) groups excluding carboxylic acids is 1. The Morgan fingerprint density at radius 3 is 2.35 bits per heavy atom. The van der Waals surface area contributed by atoms with Crippen LogP contribution in [0, 0.1) is 5.92 Å². The first kappa shape index (κ1) is 16.8. The van der Waals surface area contributed by atoms with Gasteiger partial charge in [-0.15, -0.1) is 0 Å². The quantitative estimate of drug-likeness (QED) is 0.738. The van der Waals surface area contributed by atoms with Gasteiger partial charge in [0.2, 0.25) is 0 Å². The molecule has 0 aliphatic carbocycles. The molecule has 1 rings (SSSR count). The van der Waals surface area contributed by atoms with Crippen LogP contribution < -0.4 is 5.32 Å². The number of carboxylic acid groups (broad SMARTS) is 1. The van der Waals surface area contributed by atoms with E-state index in [0.717, 1.165) is 19.6 Å². The van der Waals surface area contributed by atoms with E-state index < -0.39 is 5.97 Å². The van der Waals surface area contributed by atoms with Crippen molar-refractivity contribution in [3.63, 3.8) is 0 Å². The third-order valence-electron chi connectivity index (χ3n) is 3.30. The highest BCUT2D eigenvalue weighted by Gasteiger charge is 2.21. The number of likely N-dealkylation sites (tertiary alicyclic amines) is 1. The van der Waals surface area contributed by atoms with E-state index in [1.807, 2.05) is 20.8 Å². The second-order valence-corrected chi connectivity index (χ2v) is 6.03. The van der Waals surface area contributed by atoms with E-state index in [9.17, 15) is 9.59 Å². The van der Waals surface area contributed by atoms with Gasteiger partial charge in [0.25, 0.3) is 0 Å². The van der Waals surface area contributed by atoms with Crippen LogP contribution in [0.2, 0.25) is 0 Å². The number of amides is 2. The molecule has 1 atom stereocenters. The molecule has 0 aromatic carbocycles. The summed E-state index contributed by atoms with van der Waals surface area (Å²) in [7, 11) is 0. The fourth-order valence-corrected chi connectivity index (χ4v) is 2.52. The van der Waals surface area contributed by atoms with Crippen molar-refractivity contribution >= 4 is 12.0 Å². The number of nitrogens with one attached hydrogen (secondary N) is 1. The average molecular weight is 285 g/mol. The van der Waals surface area contributed by atoms with Crippen molar-refractivity contribution in [3.05, 3.63) is 0 Å². The minimum atomic E-state index is -0.979. The van der Waals surface area contributed by atoms with Crippen molar-refractivity contribution in [2.45, 2.75) is 39.7 Å². The Morgan fingerprint density at radius 2 is 1.85 bits per heavy atom. The van der Waals surface area contributed by atoms with Gasteiger partial charge in [-0.25, -0.2) is 4.79 Å². The van der Waals surface area contributed by atoms with Gasteiger partial charge in [-0.2, -0.15) is 0 Å². The topological polar surface area (TPSA) is 72.9 Å². The monoisotopic (exact) mass is 285 g/mol. The van der Waals surface area contributed by atoms with Crippen LogP contribution in [-0.2, 0) is 4.79 Å². The molecule has 1 aliphatic heterocycles. The number of aliphatic carboxylic acids is 1. The third kappa shape index (κ3) is 6.23. The molecule has 0 bridgehead atoms. The predicted molar refractivity (Wildman–Crippen MR) is 77.7 cm³/mol. The molecule has 6 nitrogen and oxygen atoms in total. The maximum atomic E-state index is 12.1. The molecule has 20 heavy (non-hydrogen) atoms. The van der Waals surface area contributed by atoms with Crippen LogP contribution in [-0.4, -0.2) is 65.7 Å². The molecule has 6 heteroatoms. The summed E-state index contributed by atoms with van der Waals surface area (Å²) in [6.07, 6.45) is 2.44. The predicted octanol–water partition coefficient (Wildman–Crippen LogP) is 1.22. The highest BCUT2D eigenvalue weighted by Crippen LogP contribution is 2.08. The first-order valence-corrected chi connectivity index (χ1v) is 7.38. The van der Waals surface area contributed by atoms with Gasteiger partial charge in [0.05, 0.1) is 0 Å². The molecular formula is C14H27N3O3. The Balaban J connectivity index is 2.44. The molecule has 2 amide bonds. The van der Waals surface area contributed by atoms with Gasteiger partial charge in [-0.1, -0.05) is 13.8 Å². The molecule has 2 N–H and O–H groups in total. The van der Waals surface area contributed by atoms with Gasteiger partial charge in [0.1, 0.15) is 6.54 Å². The smallest absolute Gasteiger partial charge is 0.323 e. The molecule has 116 valence electrons. The maximum absolute atomic E-state index is 12.1. The van der Waals surface area contributed by atoms with Crippen molar-refractivity contribution in [2.75, 3.05) is 32.7 Å². The molecule has 0 aromatic heterocycles. The van der Waals surface area contributed by atoms with Crippen LogP contribution in [0.3, 0.4) is 0 Å².